The van der Waals surface area contributed by atoms with Gasteiger partial charge >= 0.3 is 0 Å². The van der Waals surface area contributed by atoms with Gasteiger partial charge in [0.1, 0.15) is 0 Å². The SMILES string of the molecule is CCc1cccnc1CNCc1ccsc1. The highest BCUT2D eigenvalue weighted by Crippen LogP contribution is 2.08. The van der Waals surface area contributed by atoms with Gasteiger partial charge in [-0.25, -0.2) is 0 Å². The molecule has 0 aromatic carbocycles. The van der Waals surface area contributed by atoms with Gasteiger partial charge < -0.3 is 5.32 Å². The van der Waals surface area contributed by atoms with Crippen molar-refractivity contribution in [3.05, 3.63) is 52.0 Å². The number of aromatic nitrogens is 1. The molecule has 0 atom stereocenters. The van der Waals surface area contributed by atoms with E-state index in [0.717, 1.165) is 19.5 Å². The monoisotopic (exact) mass is 232 g/mol. The van der Waals surface area contributed by atoms with Crippen molar-refractivity contribution in [2.24, 2.45) is 0 Å². The van der Waals surface area contributed by atoms with Gasteiger partial charge in [0.05, 0.1) is 5.69 Å². The first-order chi connectivity index (χ1) is 7.90. The third-order valence-corrected chi connectivity index (χ3v) is 3.30. The van der Waals surface area contributed by atoms with Crippen molar-refractivity contribution in [2.45, 2.75) is 26.4 Å². The number of hydrogen-bond acceptors (Lipinski definition) is 3. The maximum absolute atomic E-state index is 4.41. The van der Waals surface area contributed by atoms with Crippen molar-refractivity contribution in [3.63, 3.8) is 0 Å². The van der Waals surface area contributed by atoms with Gasteiger partial charge in [-0.05, 0) is 40.4 Å². The summed E-state index contributed by atoms with van der Waals surface area (Å²) in [6.45, 7) is 3.93. The highest BCUT2D eigenvalue weighted by atomic mass is 32.1. The summed E-state index contributed by atoms with van der Waals surface area (Å²) < 4.78 is 0. The fraction of sp³-hybridized carbons (Fsp3) is 0.308. The first kappa shape index (κ1) is 11.3. The van der Waals surface area contributed by atoms with Crippen molar-refractivity contribution in [1.29, 1.82) is 0 Å². The number of thiophene rings is 1. The number of nitrogens with zero attached hydrogens (tertiary/aromatic N) is 1. The number of pyridine rings is 1. The fourth-order valence-corrected chi connectivity index (χ4v) is 2.34. The lowest BCUT2D eigenvalue weighted by Gasteiger charge is -2.07. The van der Waals surface area contributed by atoms with Gasteiger partial charge in [-0.2, -0.15) is 11.3 Å². The summed E-state index contributed by atoms with van der Waals surface area (Å²) in [7, 11) is 0. The minimum absolute atomic E-state index is 0.847. The van der Waals surface area contributed by atoms with Crippen LogP contribution in [0.1, 0.15) is 23.7 Å². The van der Waals surface area contributed by atoms with Crippen molar-refractivity contribution < 1.29 is 0 Å². The van der Waals surface area contributed by atoms with Gasteiger partial charge in [0.25, 0.3) is 0 Å². The van der Waals surface area contributed by atoms with Crippen LogP contribution in [0, 0.1) is 0 Å². The Hall–Kier alpha value is -1.19. The van der Waals surface area contributed by atoms with E-state index in [4.69, 9.17) is 0 Å². The summed E-state index contributed by atoms with van der Waals surface area (Å²) in [4.78, 5) is 4.41. The molecular formula is C13H16N2S. The maximum Gasteiger partial charge on any atom is 0.0573 e. The van der Waals surface area contributed by atoms with E-state index < -0.39 is 0 Å². The number of hydrogen-bond donors (Lipinski definition) is 1. The second-order valence-corrected chi connectivity index (χ2v) is 4.48. The molecule has 0 radical (unpaired) electrons. The third-order valence-electron chi connectivity index (χ3n) is 2.57. The highest BCUT2D eigenvalue weighted by Gasteiger charge is 2.00. The van der Waals surface area contributed by atoms with Gasteiger partial charge in [-0.3, -0.25) is 4.98 Å². The van der Waals surface area contributed by atoms with E-state index in [1.165, 1.54) is 16.8 Å². The molecule has 0 amide bonds. The van der Waals surface area contributed by atoms with Crippen LogP contribution >= 0.6 is 11.3 Å². The number of aryl methyl sites for hydroxylation is 1. The summed E-state index contributed by atoms with van der Waals surface area (Å²) in [5.41, 5.74) is 3.85. The molecule has 84 valence electrons. The van der Waals surface area contributed by atoms with E-state index >= 15 is 0 Å². The first-order valence-electron chi connectivity index (χ1n) is 5.54. The molecule has 3 heteroatoms. The van der Waals surface area contributed by atoms with E-state index in [2.05, 4.69) is 40.1 Å². The minimum atomic E-state index is 0.847. The summed E-state index contributed by atoms with van der Waals surface area (Å²) >= 11 is 1.74. The average Bonchev–Trinajstić information content (AvgIpc) is 2.83. The lowest BCUT2D eigenvalue weighted by Crippen LogP contribution is -2.14. The van der Waals surface area contributed by atoms with Crippen LogP contribution in [0.15, 0.2) is 35.2 Å². The molecule has 1 N–H and O–H groups in total. The molecule has 2 aromatic rings. The van der Waals surface area contributed by atoms with E-state index in [-0.39, 0.29) is 0 Å². The van der Waals surface area contributed by atoms with Crippen molar-refractivity contribution in [2.75, 3.05) is 0 Å². The van der Waals surface area contributed by atoms with Crippen LogP contribution < -0.4 is 5.32 Å². The summed E-state index contributed by atoms with van der Waals surface area (Å²) in [5.74, 6) is 0. The van der Waals surface area contributed by atoms with Crippen LogP contribution in [0.4, 0.5) is 0 Å². The third kappa shape index (κ3) is 2.90. The topological polar surface area (TPSA) is 24.9 Å². The number of rotatable bonds is 5. The zero-order valence-electron chi connectivity index (χ0n) is 9.44. The molecule has 0 unspecified atom stereocenters. The molecule has 0 saturated carbocycles. The molecule has 0 saturated heterocycles. The molecule has 0 bridgehead atoms. The van der Waals surface area contributed by atoms with Gasteiger partial charge in [0.2, 0.25) is 0 Å². The predicted octanol–water partition coefficient (Wildman–Crippen LogP) is 3.00. The summed E-state index contributed by atoms with van der Waals surface area (Å²) in [5, 5.41) is 7.70. The fourth-order valence-electron chi connectivity index (χ4n) is 1.67. The molecule has 0 aliphatic carbocycles. The molecule has 0 fully saturated rings. The van der Waals surface area contributed by atoms with Crippen molar-refractivity contribution in [1.82, 2.24) is 10.3 Å². The van der Waals surface area contributed by atoms with Crippen LogP contribution in [-0.2, 0) is 19.5 Å². The smallest absolute Gasteiger partial charge is 0.0573 e. The van der Waals surface area contributed by atoms with Gasteiger partial charge in [-0.15, -0.1) is 0 Å². The first-order valence-corrected chi connectivity index (χ1v) is 6.49. The molecule has 2 rings (SSSR count). The molecule has 16 heavy (non-hydrogen) atoms. The second kappa shape index (κ2) is 5.77. The van der Waals surface area contributed by atoms with E-state index in [1.54, 1.807) is 11.3 Å². The molecule has 0 aliphatic rings. The highest BCUT2D eigenvalue weighted by molar-refractivity contribution is 7.07. The van der Waals surface area contributed by atoms with Gasteiger partial charge in [0.15, 0.2) is 0 Å². The molecule has 0 aliphatic heterocycles. The van der Waals surface area contributed by atoms with Crippen LogP contribution in [0.3, 0.4) is 0 Å². The lowest BCUT2D eigenvalue weighted by molar-refractivity contribution is 0.675. The van der Waals surface area contributed by atoms with Crippen molar-refractivity contribution >= 4 is 11.3 Å². The van der Waals surface area contributed by atoms with E-state index in [1.807, 2.05) is 12.3 Å². The zero-order valence-corrected chi connectivity index (χ0v) is 10.3. The molecule has 0 spiro atoms. The Bertz CT molecular complexity index is 423. The Morgan fingerprint density at radius 1 is 1.31 bits per heavy atom. The maximum atomic E-state index is 4.41. The van der Waals surface area contributed by atoms with Crippen LogP contribution in [0.5, 0.6) is 0 Å². The van der Waals surface area contributed by atoms with E-state index in [9.17, 15) is 0 Å². The minimum Gasteiger partial charge on any atom is -0.307 e. The largest absolute Gasteiger partial charge is 0.307 e. The van der Waals surface area contributed by atoms with Crippen LogP contribution in [0.2, 0.25) is 0 Å². The normalized spacial score (nSPS) is 10.6. The van der Waals surface area contributed by atoms with Crippen LogP contribution in [-0.4, -0.2) is 4.98 Å². The van der Waals surface area contributed by atoms with Gasteiger partial charge in [-0.1, -0.05) is 13.0 Å². The molecule has 2 heterocycles. The van der Waals surface area contributed by atoms with Crippen molar-refractivity contribution in [3.8, 4) is 0 Å². The van der Waals surface area contributed by atoms with Crippen LogP contribution in [0.25, 0.3) is 0 Å². The Kier molecular flexibility index (Phi) is 4.08. The molecule has 2 nitrogen and oxygen atoms in total. The predicted molar refractivity (Wildman–Crippen MR) is 68.5 cm³/mol. The number of nitrogens with one attached hydrogen (secondary N) is 1. The lowest BCUT2D eigenvalue weighted by atomic mass is 10.1. The quantitative estimate of drug-likeness (QED) is 0.857. The molecular weight excluding hydrogens is 216 g/mol. The Morgan fingerprint density at radius 3 is 3.00 bits per heavy atom. The Balaban J connectivity index is 1.89. The second-order valence-electron chi connectivity index (χ2n) is 3.70. The Morgan fingerprint density at radius 2 is 2.25 bits per heavy atom. The van der Waals surface area contributed by atoms with E-state index in [0.29, 0.717) is 0 Å². The standard InChI is InChI=1S/C13H16N2S/c1-2-12-4-3-6-15-13(12)9-14-8-11-5-7-16-10-11/h3-7,10,14H,2,8-9H2,1H3. The average molecular weight is 232 g/mol. The summed E-state index contributed by atoms with van der Waals surface area (Å²) in [6, 6.07) is 6.30. The zero-order chi connectivity index (χ0) is 11.2. The molecule has 2 aromatic heterocycles. The Labute approximate surface area is 100 Å². The summed E-state index contributed by atoms with van der Waals surface area (Å²) in [6.07, 6.45) is 2.91. The van der Waals surface area contributed by atoms with Gasteiger partial charge in [0, 0.05) is 19.3 Å².